The van der Waals surface area contributed by atoms with Gasteiger partial charge in [-0.25, -0.2) is 0 Å². The number of ether oxygens (including phenoxy) is 1. The fourth-order valence-electron chi connectivity index (χ4n) is 1.50. The first-order chi connectivity index (χ1) is 7.02. The molecule has 0 spiro atoms. The first kappa shape index (κ1) is 13.3. The van der Waals surface area contributed by atoms with E-state index in [9.17, 15) is 5.11 Å². The molecule has 0 aromatic rings. The maximum Gasteiger partial charge on any atom is 0.0869 e. The minimum atomic E-state index is -0.489. The predicted molar refractivity (Wildman–Crippen MR) is 65.4 cm³/mol. The molecule has 3 nitrogen and oxygen atoms in total. The average Bonchev–Trinajstić information content (AvgIpc) is 2.60. The molecule has 4 heteroatoms. The summed E-state index contributed by atoms with van der Waals surface area (Å²) in [6.07, 6.45) is 1.18. The van der Waals surface area contributed by atoms with Gasteiger partial charge in [0, 0.05) is 18.3 Å². The maximum atomic E-state index is 10.1. The zero-order chi connectivity index (χ0) is 11.3. The smallest absolute Gasteiger partial charge is 0.0869 e. The van der Waals surface area contributed by atoms with Crippen LogP contribution in [0.15, 0.2) is 0 Å². The largest absolute Gasteiger partial charge is 0.388 e. The van der Waals surface area contributed by atoms with Crippen molar-refractivity contribution in [1.82, 2.24) is 5.32 Å². The second kappa shape index (κ2) is 6.09. The van der Waals surface area contributed by atoms with E-state index in [0.717, 1.165) is 17.9 Å². The molecule has 0 aromatic carbocycles. The zero-order valence-electron chi connectivity index (χ0n) is 9.95. The second-order valence-electron chi connectivity index (χ2n) is 4.69. The standard InChI is InChI=1S/C11H23NO2S/c1-9(2)14-6-10(3)12-7-11(13)4-5-15-8-11/h9-10,12-13H,4-8H2,1-3H3/t10-,11+/m1/s1. The van der Waals surface area contributed by atoms with Crippen LogP contribution in [-0.2, 0) is 4.74 Å². The Balaban J connectivity index is 2.13. The van der Waals surface area contributed by atoms with Gasteiger partial charge >= 0.3 is 0 Å². The number of nitrogens with one attached hydrogen (secondary N) is 1. The molecule has 1 rings (SSSR count). The van der Waals surface area contributed by atoms with Crippen LogP contribution >= 0.6 is 11.8 Å². The number of aliphatic hydroxyl groups is 1. The van der Waals surface area contributed by atoms with E-state index < -0.39 is 5.60 Å². The summed E-state index contributed by atoms with van der Waals surface area (Å²) in [5.41, 5.74) is -0.489. The summed E-state index contributed by atoms with van der Waals surface area (Å²) in [5, 5.41) is 13.4. The number of thioether (sulfide) groups is 1. The van der Waals surface area contributed by atoms with Gasteiger partial charge in [-0.3, -0.25) is 0 Å². The molecule has 1 saturated heterocycles. The van der Waals surface area contributed by atoms with Crippen molar-refractivity contribution in [1.29, 1.82) is 0 Å². The lowest BCUT2D eigenvalue weighted by Gasteiger charge is -2.24. The van der Waals surface area contributed by atoms with E-state index in [2.05, 4.69) is 12.2 Å². The van der Waals surface area contributed by atoms with Crippen molar-refractivity contribution in [3.8, 4) is 0 Å². The first-order valence-corrected chi connectivity index (χ1v) is 6.82. The van der Waals surface area contributed by atoms with Gasteiger partial charge in [-0.1, -0.05) is 0 Å². The van der Waals surface area contributed by atoms with E-state index in [1.54, 1.807) is 0 Å². The molecule has 0 aliphatic carbocycles. The van der Waals surface area contributed by atoms with Crippen molar-refractivity contribution in [2.75, 3.05) is 24.7 Å². The second-order valence-corrected chi connectivity index (χ2v) is 5.80. The summed E-state index contributed by atoms with van der Waals surface area (Å²) in [6, 6.07) is 0.307. The quantitative estimate of drug-likeness (QED) is 0.725. The van der Waals surface area contributed by atoms with Crippen LogP contribution in [0, 0.1) is 0 Å². The Morgan fingerprint density at radius 1 is 1.47 bits per heavy atom. The van der Waals surface area contributed by atoms with Crippen LogP contribution in [0.25, 0.3) is 0 Å². The Labute approximate surface area is 97.0 Å². The molecule has 90 valence electrons. The molecule has 0 radical (unpaired) electrons. The van der Waals surface area contributed by atoms with Crippen LogP contribution in [0.1, 0.15) is 27.2 Å². The summed E-state index contributed by atoms with van der Waals surface area (Å²) in [5.74, 6) is 1.94. The molecule has 0 aromatic heterocycles. The Morgan fingerprint density at radius 3 is 2.73 bits per heavy atom. The zero-order valence-corrected chi connectivity index (χ0v) is 10.8. The SMILES string of the molecule is CC(C)OC[C@@H](C)NC[C@@]1(O)CCSC1. The third-order valence-corrected chi connectivity index (χ3v) is 3.78. The Hall–Kier alpha value is 0.230. The highest BCUT2D eigenvalue weighted by Gasteiger charge is 2.31. The van der Waals surface area contributed by atoms with Crippen LogP contribution in [0.2, 0.25) is 0 Å². The van der Waals surface area contributed by atoms with Gasteiger partial charge in [-0.15, -0.1) is 0 Å². The number of hydrogen-bond acceptors (Lipinski definition) is 4. The lowest BCUT2D eigenvalue weighted by molar-refractivity contribution is 0.0428. The van der Waals surface area contributed by atoms with Crippen LogP contribution in [0.5, 0.6) is 0 Å². The fourth-order valence-corrected chi connectivity index (χ4v) is 2.79. The summed E-state index contributed by atoms with van der Waals surface area (Å²) in [4.78, 5) is 0. The van der Waals surface area contributed by atoms with E-state index in [1.807, 2.05) is 25.6 Å². The Bertz CT molecular complexity index is 181. The van der Waals surface area contributed by atoms with E-state index in [1.165, 1.54) is 0 Å². The molecule has 15 heavy (non-hydrogen) atoms. The monoisotopic (exact) mass is 233 g/mol. The molecule has 2 atom stereocenters. The molecule has 0 saturated carbocycles. The number of hydrogen-bond donors (Lipinski definition) is 2. The van der Waals surface area contributed by atoms with E-state index in [0.29, 0.717) is 19.2 Å². The van der Waals surface area contributed by atoms with Gasteiger partial charge in [0.05, 0.1) is 18.3 Å². The van der Waals surface area contributed by atoms with Crippen molar-refractivity contribution in [2.24, 2.45) is 0 Å². The van der Waals surface area contributed by atoms with Crippen LogP contribution < -0.4 is 5.32 Å². The molecule has 1 aliphatic rings. The molecule has 0 amide bonds. The van der Waals surface area contributed by atoms with Gasteiger partial charge in [0.2, 0.25) is 0 Å². The summed E-state index contributed by atoms with van der Waals surface area (Å²) in [6.45, 7) is 7.55. The lowest BCUT2D eigenvalue weighted by Crippen LogP contribution is -2.45. The van der Waals surface area contributed by atoms with Gasteiger partial charge in [0.15, 0.2) is 0 Å². The minimum absolute atomic E-state index is 0.277. The molecule has 2 N–H and O–H groups in total. The highest BCUT2D eigenvalue weighted by molar-refractivity contribution is 7.99. The van der Waals surface area contributed by atoms with Gasteiger partial charge < -0.3 is 15.2 Å². The topological polar surface area (TPSA) is 41.5 Å². The Morgan fingerprint density at radius 2 is 2.20 bits per heavy atom. The maximum absolute atomic E-state index is 10.1. The lowest BCUT2D eigenvalue weighted by atomic mass is 10.0. The van der Waals surface area contributed by atoms with Crippen LogP contribution in [0.3, 0.4) is 0 Å². The fraction of sp³-hybridized carbons (Fsp3) is 1.00. The van der Waals surface area contributed by atoms with Crippen molar-refractivity contribution >= 4 is 11.8 Å². The molecule has 1 fully saturated rings. The van der Waals surface area contributed by atoms with Gasteiger partial charge in [-0.05, 0) is 32.9 Å². The highest BCUT2D eigenvalue weighted by atomic mass is 32.2. The molecule has 1 aliphatic heterocycles. The Kier molecular flexibility index (Phi) is 5.39. The molecule has 1 heterocycles. The molecule has 0 unspecified atom stereocenters. The van der Waals surface area contributed by atoms with Crippen molar-refractivity contribution in [3.05, 3.63) is 0 Å². The minimum Gasteiger partial charge on any atom is -0.388 e. The first-order valence-electron chi connectivity index (χ1n) is 5.67. The molecular formula is C11H23NO2S. The van der Waals surface area contributed by atoms with Crippen molar-refractivity contribution in [3.63, 3.8) is 0 Å². The van der Waals surface area contributed by atoms with E-state index >= 15 is 0 Å². The summed E-state index contributed by atoms with van der Waals surface area (Å²) < 4.78 is 5.50. The van der Waals surface area contributed by atoms with Gasteiger partial charge in [0.25, 0.3) is 0 Å². The third-order valence-electron chi connectivity index (χ3n) is 2.54. The van der Waals surface area contributed by atoms with Crippen molar-refractivity contribution in [2.45, 2.75) is 44.9 Å². The van der Waals surface area contributed by atoms with Crippen LogP contribution in [-0.4, -0.2) is 47.5 Å². The highest BCUT2D eigenvalue weighted by Crippen LogP contribution is 2.26. The van der Waals surface area contributed by atoms with E-state index in [4.69, 9.17) is 4.74 Å². The third kappa shape index (κ3) is 5.20. The average molecular weight is 233 g/mol. The van der Waals surface area contributed by atoms with Gasteiger partial charge in [0.1, 0.15) is 0 Å². The molecule has 0 bridgehead atoms. The summed E-state index contributed by atoms with van der Waals surface area (Å²) >= 11 is 1.83. The van der Waals surface area contributed by atoms with Crippen molar-refractivity contribution < 1.29 is 9.84 Å². The van der Waals surface area contributed by atoms with Crippen LogP contribution in [0.4, 0.5) is 0 Å². The number of rotatable bonds is 6. The van der Waals surface area contributed by atoms with Gasteiger partial charge in [-0.2, -0.15) is 11.8 Å². The summed E-state index contributed by atoms with van der Waals surface area (Å²) in [7, 11) is 0. The molecular weight excluding hydrogens is 210 g/mol. The predicted octanol–water partition coefficient (Wildman–Crippen LogP) is 1.26. The van der Waals surface area contributed by atoms with E-state index in [-0.39, 0.29) is 6.10 Å². The normalized spacial score (nSPS) is 28.6.